The van der Waals surface area contributed by atoms with Gasteiger partial charge in [-0.2, -0.15) is 13.2 Å². The molecule has 8 heteroatoms. The second-order valence-electron chi connectivity index (χ2n) is 6.52. The van der Waals surface area contributed by atoms with Crippen LogP contribution in [0.2, 0.25) is 0 Å². The van der Waals surface area contributed by atoms with Gasteiger partial charge in [-0.25, -0.2) is 4.99 Å². The summed E-state index contributed by atoms with van der Waals surface area (Å²) in [4.78, 5) is 29.7. The summed E-state index contributed by atoms with van der Waals surface area (Å²) in [6.45, 7) is 1.43. The van der Waals surface area contributed by atoms with Crippen molar-refractivity contribution in [1.29, 1.82) is 0 Å². The monoisotopic (exact) mass is 367 g/mol. The zero-order valence-electron chi connectivity index (χ0n) is 14.3. The van der Waals surface area contributed by atoms with Crippen molar-refractivity contribution in [3.63, 3.8) is 0 Å². The molecule has 1 aromatic carbocycles. The van der Waals surface area contributed by atoms with E-state index in [1.165, 1.54) is 6.92 Å². The van der Waals surface area contributed by atoms with Crippen molar-refractivity contribution < 1.29 is 22.8 Å². The summed E-state index contributed by atoms with van der Waals surface area (Å²) < 4.78 is 41.8. The molecule has 140 valence electrons. The summed E-state index contributed by atoms with van der Waals surface area (Å²) in [5, 5.41) is 1.84. The summed E-state index contributed by atoms with van der Waals surface area (Å²) in [5.41, 5.74) is -2.84. The lowest BCUT2D eigenvalue weighted by Crippen LogP contribution is -2.64. The predicted molar refractivity (Wildman–Crippen MR) is 89.3 cm³/mol. The van der Waals surface area contributed by atoms with Crippen molar-refractivity contribution in [2.45, 2.75) is 56.9 Å². The molecule has 0 saturated heterocycles. The molecule has 1 N–H and O–H groups in total. The third-order valence-electron chi connectivity index (χ3n) is 4.80. The van der Waals surface area contributed by atoms with Gasteiger partial charge in [0.25, 0.3) is 5.91 Å². The van der Waals surface area contributed by atoms with Crippen molar-refractivity contribution in [2.24, 2.45) is 4.99 Å². The van der Waals surface area contributed by atoms with Gasteiger partial charge in [-0.05, 0) is 12.8 Å². The molecular formula is C18H20F3N3O2. The van der Waals surface area contributed by atoms with E-state index in [1.54, 1.807) is 30.3 Å². The van der Waals surface area contributed by atoms with Gasteiger partial charge >= 0.3 is 11.8 Å². The molecule has 3 rings (SSSR count). The molecule has 1 aromatic rings. The lowest BCUT2D eigenvalue weighted by Gasteiger charge is -2.31. The first-order chi connectivity index (χ1) is 12.3. The second kappa shape index (κ2) is 6.74. The number of benzene rings is 1. The quantitative estimate of drug-likeness (QED) is 0.889. The molecule has 2 amide bonds. The Balaban J connectivity index is 2.14. The number of alkyl halides is 3. The van der Waals surface area contributed by atoms with Gasteiger partial charge in [0.1, 0.15) is 5.84 Å². The van der Waals surface area contributed by atoms with Crippen LogP contribution in [-0.4, -0.2) is 40.4 Å². The molecule has 1 heterocycles. The molecule has 1 fully saturated rings. The molecule has 2 aliphatic rings. The van der Waals surface area contributed by atoms with Gasteiger partial charge in [-0.3, -0.25) is 14.5 Å². The number of carbonyl (C=O) groups is 2. The number of nitrogens with one attached hydrogen (secondary N) is 1. The van der Waals surface area contributed by atoms with Gasteiger partial charge in [0.05, 0.1) is 0 Å². The van der Waals surface area contributed by atoms with Crippen LogP contribution in [0.4, 0.5) is 13.2 Å². The summed E-state index contributed by atoms with van der Waals surface area (Å²) >= 11 is 0. The van der Waals surface area contributed by atoms with Crippen LogP contribution in [0.15, 0.2) is 35.3 Å². The van der Waals surface area contributed by atoms with Gasteiger partial charge in [-0.1, -0.05) is 50.1 Å². The smallest absolute Gasteiger partial charge is 0.316 e. The first kappa shape index (κ1) is 18.4. The Morgan fingerprint density at radius 2 is 1.88 bits per heavy atom. The highest BCUT2D eigenvalue weighted by Crippen LogP contribution is 2.41. The number of amidine groups is 1. The Hall–Kier alpha value is -2.38. The standard InChI is InChI=1S/C18H20F3N3O2/c1-2-14(25)22-17(18(19,20)21)16(26)24(13-10-6-7-11-13)15(23-17)12-8-4-3-5-9-12/h3-5,8-9,13H,2,6-7,10-11H2,1H3,(H,22,25)/t17-/m1/s1. The third kappa shape index (κ3) is 2.97. The molecule has 0 radical (unpaired) electrons. The Bertz CT molecular complexity index is 727. The average molecular weight is 367 g/mol. The van der Waals surface area contributed by atoms with Crippen LogP contribution in [0, 0.1) is 0 Å². The average Bonchev–Trinajstić information content (AvgIpc) is 3.22. The Morgan fingerprint density at radius 1 is 1.27 bits per heavy atom. The highest BCUT2D eigenvalue weighted by atomic mass is 19.4. The summed E-state index contributed by atoms with van der Waals surface area (Å²) in [6, 6.07) is 7.96. The summed E-state index contributed by atoms with van der Waals surface area (Å²) in [7, 11) is 0. The summed E-state index contributed by atoms with van der Waals surface area (Å²) in [5.74, 6) is -2.13. The van der Waals surface area contributed by atoms with Gasteiger partial charge in [-0.15, -0.1) is 0 Å². The minimum absolute atomic E-state index is 0.0313. The lowest BCUT2D eigenvalue weighted by atomic mass is 10.1. The van der Waals surface area contributed by atoms with Crippen LogP contribution >= 0.6 is 0 Å². The minimum atomic E-state index is -5.04. The van der Waals surface area contributed by atoms with Crippen molar-refractivity contribution in [3.8, 4) is 0 Å². The first-order valence-corrected chi connectivity index (χ1v) is 8.67. The zero-order valence-corrected chi connectivity index (χ0v) is 14.3. The fourth-order valence-corrected chi connectivity index (χ4v) is 3.45. The molecule has 0 spiro atoms. The van der Waals surface area contributed by atoms with Crippen LogP contribution in [0.5, 0.6) is 0 Å². The SMILES string of the molecule is CCC(=O)N[C@@]1(C(F)(F)F)N=C(c2ccccc2)N(C2CCCC2)C1=O. The number of carbonyl (C=O) groups excluding carboxylic acids is 2. The van der Waals surface area contributed by atoms with Crippen LogP contribution < -0.4 is 5.32 Å². The van der Waals surface area contributed by atoms with E-state index in [2.05, 4.69) is 4.99 Å². The zero-order chi connectivity index (χ0) is 18.9. The molecule has 0 aromatic heterocycles. The second-order valence-corrected chi connectivity index (χ2v) is 6.52. The van der Waals surface area contributed by atoms with Crippen LogP contribution in [0.1, 0.15) is 44.6 Å². The first-order valence-electron chi connectivity index (χ1n) is 8.67. The van der Waals surface area contributed by atoms with Gasteiger partial charge in [0, 0.05) is 18.0 Å². The largest absolute Gasteiger partial charge is 0.442 e. The molecule has 1 saturated carbocycles. The van der Waals surface area contributed by atoms with Gasteiger partial charge in [0.15, 0.2) is 0 Å². The number of aliphatic imine (C=N–C) groups is 1. The highest BCUT2D eigenvalue weighted by molar-refractivity contribution is 6.16. The normalized spacial score (nSPS) is 24.1. The maximum absolute atomic E-state index is 13.9. The number of hydrogen-bond donors (Lipinski definition) is 1. The Kier molecular flexibility index (Phi) is 4.77. The van der Waals surface area contributed by atoms with E-state index in [1.807, 2.05) is 5.32 Å². The molecule has 0 bridgehead atoms. The van der Waals surface area contributed by atoms with E-state index < -0.39 is 23.7 Å². The van der Waals surface area contributed by atoms with Crippen LogP contribution in [0.3, 0.4) is 0 Å². The topological polar surface area (TPSA) is 61.8 Å². The van der Waals surface area contributed by atoms with E-state index in [0.717, 1.165) is 17.7 Å². The van der Waals surface area contributed by atoms with Crippen LogP contribution in [0.25, 0.3) is 0 Å². The maximum Gasteiger partial charge on any atom is 0.442 e. The fraction of sp³-hybridized carbons (Fsp3) is 0.500. The van der Waals surface area contributed by atoms with E-state index in [4.69, 9.17) is 0 Å². The number of hydrogen-bond acceptors (Lipinski definition) is 3. The van der Waals surface area contributed by atoms with E-state index in [9.17, 15) is 22.8 Å². The fourth-order valence-electron chi connectivity index (χ4n) is 3.45. The maximum atomic E-state index is 13.9. The van der Waals surface area contributed by atoms with Gasteiger partial charge < -0.3 is 5.32 Å². The van der Waals surface area contributed by atoms with Crippen molar-refractivity contribution in [2.75, 3.05) is 0 Å². The van der Waals surface area contributed by atoms with E-state index >= 15 is 0 Å². The number of nitrogens with zero attached hydrogens (tertiary/aromatic N) is 2. The highest BCUT2D eigenvalue weighted by Gasteiger charge is 2.67. The third-order valence-corrected chi connectivity index (χ3v) is 4.80. The molecule has 26 heavy (non-hydrogen) atoms. The number of rotatable bonds is 4. The van der Waals surface area contributed by atoms with Gasteiger partial charge in [0.2, 0.25) is 5.91 Å². The molecule has 1 atom stereocenters. The Morgan fingerprint density at radius 3 is 2.42 bits per heavy atom. The lowest BCUT2D eigenvalue weighted by molar-refractivity contribution is -0.200. The van der Waals surface area contributed by atoms with E-state index in [-0.39, 0.29) is 18.3 Å². The predicted octanol–water partition coefficient (Wildman–Crippen LogP) is 3.00. The van der Waals surface area contributed by atoms with Crippen molar-refractivity contribution in [1.82, 2.24) is 10.2 Å². The molecule has 5 nitrogen and oxygen atoms in total. The molecule has 1 aliphatic heterocycles. The number of halogens is 3. The Labute approximate surface area is 149 Å². The summed E-state index contributed by atoms with van der Waals surface area (Å²) in [6.07, 6.45) is -2.29. The molecule has 1 aliphatic carbocycles. The molecular weight excluding hydrogens is 347 g/mol. The van der Waals surface area contributed by atoms with E-state index in [0.29, 0.717) is 18.4 Å². The number of amides is 2. The van der Waals surface area contributed by atoms with Crippen molar-refractivity contribution in [3.05, 3.63) is 35.9 Å². The molecule has 0 unspecified atom stereocenters. The van der Waals surface area contributed by atoms with Crippen LogP contribution in [-0.2, 0) is 9.59 Å². The minimum Gasteiger partial charge on any atom is -0.316 e. The van der Waals surface area contributed by atoms with Crippen molar-refractivity contribution >= 4 is 17.6 Å².